The summed E-state index contributed by atoms with van der Waals surface area (Å²) in [5.41, 5.74) is 4.83. The van der Waals surface area contributed by atoms with Crippen LogP contribution in [0.5, 0.6) is 0 Å². The van der Waals surface area contributed by atoms with Gasteiger partial charge in [-0.05, 0) is 0 Å². The Balaban J connectivity index is 2.19. The molecule has 2 heterocycles. The van der Waals surface area contributed by atoms with Crippen molar-refractivity contribution in [2.24, 2.45) is 5.73 Å². The molecule has 4 atom stereocenters. The Morgan fingerprint density at radius 1 is 1.71 bits per heavy atom. The van der Waals surface area contributed by atoms with Crippen LogP contribution in [-0.4, -0.2) is 56.1 Å². The van der Waals surface area contributed by atoms with Gasteiger partial charge >= 0.3 is 0 Å². The second kappa shape index (κ2) is 4.35. The second-order valence-electron chi connectivity index (χ2n) is 3.63. The number of rotatable bonds is 3. The summed E-state index contributed by atoms with van der Waals surface area (Å²) in [6.45, 7) is -0.518. The van der Waals surface area contributed by atoms with Crippen LogP contribution in [0.15, 0.2) is 6.20 Å². The predicted molar refractivity (Wildman–Crippen MR) is 50.4 cm³/mol. The monoisotopic (exact) mass is 246 g/mol. The van der Waals surface area contributed by atoms with E-state index >= 15 is 0 Å². The van der Waals surface area contributed by atoms with Crippen LogP contribution in [-0.2, 0) is 4.74 Å². The Hall–Kier alpha value is -1.58. The molecule has 1 aliphatic heterocycles. The molecular weight excluding hydrogens is 235 g/mol. The summed E-state index contributed by atoms with van der Waals surface area (Å²) in [6, 6.07) is 0. The molecule has 1 fully saturated rings. The highest BCUT2D eigenvalue weighted by atomic mass is 19.1. The van der Waals surface area contributed by atoms with Gasteiger partial charge in [0.15, 0.2) is 18.1 Å². The zero-order valence-corrected chi connectivity index (χ0v) is 8.60. The number of halogens is 1. The number of ether oxygens (including phenoxy) is 1. The molecule has 0 aromatic carbocycles. The van der Waals surface area contributed by atoms with E-state index in [1.54, 1.807) is 0 Å². The number of nitrogens with two attached hydrogens (primary N) is 1. The van der Waals surface area contributed by atoms with Gasteiger partial charge in [0.2, 0.25) is 0 Å². The van der Waals surface area contributed by atoms with Gasteiger partial charge in [0.05, 0.1) is 12.8 Å². The number of amides is 1. The third-order valence-corrected chi connectivity index (χ3v) is 2.50. The minimum absolute atomic E-state index is 0.136. The lowest BCUT2D eigenvalue weighted by Gasteiger charge is -2.11. The minimum Gasteiger partial charge on any atom is -0.394 e. The molecule has 1 amide bonds. The number of carbonyl (C=O) groups is 1. The molecule has 4 N–H and O–H groups in total. The van der Waals surface area contributed by atoms with Crippen LogP contribution in [0, 0.1) is 0 Å². The molecule has 17 heavy (non-hydrogen) atoms. The number of aliphatic hydroxyl groups is 2. The van der Waals surface area contributed by atoms with Crippen molar-refractivity contribution >= 4 is 5.91 Å². The largest absolute Gasteiger partial charge is 0.394 e. The summed E-state index contributed by atoms with van der Waals surface area (Å²) >= 11 is 0. The summed E-state index contributed by atoms with van der Waals surface area (Å²) in [6.07, 6.45) is -4.37. The maximum Gasteiger partial charge on any atom is 0.270 e. The Morgan fingerprint density at radius 2 is 2.41 bits per heavy atom. The van der Waals surface area contributed by atoms with Gasteiger partial charge in [0.1, 0.15) is 12.2 Å². The molecular formula is C8H11FN4O4. The number of nitrogens with zero attached hydrogens (tertiary/aromatic N) is 3. The van der Waals surface area contributed by atoms with Crippen LogP contribution < -0.4 is 5.73 Å². The summed E-state index contributed by atoms with van der Waals surface area (Å²) in [5, 5.41) is 25.1. The number of primary amides is 1. The molecule has 8 nitrogen and oxygen atoms in total. The fourth-order valence-electron chi connectivity index (χ4n) is 1.58. The maximum absolute atomic E-state index is 13.6. The topological polar surface area (TPSA) is 123 Å². The molecule has 2 rings (SSSR count). The van der Waals surface area contributed by atoms with E-state index in [9.17, 15) is 14.3 Å². The van der Waals surface area contributed by atoms with E-state index < -0.39 is 37.1 Å². The normalized spacial score (nSPS) is 32.9. The highest BCUT2D eigenvalue weighted by Gasteiger charge is 2.45. The molecule has 0 saturated carbocycles. The zero-order valence-electron chi connectivity index (χ0n) is 8.60. The van der Waals surface area contributed by atoms with Crippen molar-refractivity contribution in [1.82, 2.24) is 15.0 Å². The van der Waals surface area contributed by atoms with Gasteiger partial charge < -0.3 is 20.7 Å². The molecule has 1 aromatic rings. The van der Waals surface area contributed by atoms with Crippen LogP contribution >= 0.6 is 0 Å². The lowest BCUT2D eigenvalue weighted by molar-refractivity contribution is -0.0528. The molecule has 0 unspecified atom stereocenters. The van der Waals surface area contributed by atoms with Crippen LogP contribution in [0.3, 0.4) is 0 Å². The smallest absolute Gasteiger partial charge is 0.270 e. The third-order valence-electron chi connectivity index (χ3n) is 2.50. The Morgan fingerprint density at radius 3 is 2.88 bits per heavy atom. The first-order valence-electron chi connectivity index (χ1n) is 4.84. The van der Waals surface area contributed by atoms with E-state index in [4.69, 9.17) is 15.6 Å². The first kappa shape index (κ1) is 11.9. The van der Waals surface area contributed by atoms with Crippen LogP contribution in [0.1, 0.15) is 16.7 Å². The van der Waals surface area contributed by atoms with Crippen molar-refractivity contribution in [2.75, 3.05) is 6.61 Å². The summed E-state index contributed by atoms with van der Waals surface area (Å²) in [5.74, 6) is -0.802. The summed E-state index contributed by atoms with van der Waals surface area (Å²) in [4.78, 5) is 10.8. The van der Waals surface area contributed by atoms with Crippen LogP contribution in [0.2, 0.25) is 0 Å². The van der Waals surface area contributed by atoms with E-state index in [0.29, 0.717) is 0 Å². The molecule has 0 spiro atoms. The lowest BCUT2D eigenvalue weighted by atomic mass is 10.1. The predicted octanol–water partition coefficient (Wildman–Crippen LogP) is -2.03. The fourth-order valence-corrected chi connectivity index (χ4v) is 1.58. The van der Waals surface area contributed by atoms with Gasteiger partial charge in [-0.15, -0.1) is 5.10 Å². The maximum atomic E-state index is 13.6. The van der Waals surface area contributed by atoms with E-state index in [2.05, 4.69) is 10.3 Å². The van der Waals surface area contributed by atoms with Crippen molar-refractivity contribution in [3.05, 3.63) is 11.9 Å². The highest BCUT2D eigenvalue weighted by Crippen LogP contribution is 2.30. The number of aliphatic hydroxyl groups excluding tert-OH is 2. The minimum atomic E-state index is -1.77. The first-order valence-corrected chi connectivity index (χ1v) is 4.84. The van der Waals surface area contributed by atoms with Crippen molar-refractivity contribution < 1.29 is 24.1 Å². The zero-order chi connectivity index (χ0) is 12.6. The lowest BCUT2D eigenvalue weighted by Crippen LogP contribution is -2.30. The van der Waals surface area contributed by atoms with E-state index in [-0.39, 0.29) is 5.69 Å². The van der Waals surface area contributed by atoms with Gasteiger partial charge in [0.25, 0.3) is 5.91 Å². The van der Waals surface area contributed by atoms with Crippen molar-refractivity contribution in [1.29, 1.82) is 0 Å². The van der Waals surface area contributed by atoms with Crippen molar-refractivity contribution in [3.8, 4) is 0 Å². The van der Waals surface area contributed by atoms with Gasteiger partial charge in [-0.3, -0.25) is 4.79 Å². The standard InChI is InChI=1S/C8H11FN4O4/c9-5-6(15)4(2-14)17-8(5)13-1-3(7(10)16)11-12-13/h1,4-6,8,14-15H,2H2,(H2,10,16)/t4-,5+,6-,8-/m0/s1. The van der Waals surface area contributed by atoms with E-state index in [1.807, 2.05) is 0 Å². The number of hydrogen-bond donors (Lipinski definition) is 3. The van der Waals surface area contributed by atoms with Crippen LogP contribution in [0.25, 0.3) is 0 Å². The fraction of sp³-hybridized carbons (Fsp3) is 0.625. The number of carbonyl (C=O) groups excluding carboxylic acids is 1. The van der Waals surface area contributed by atoms with Gasteiger partial charge in [0, 0.05) is 0 Å². The molecule has 1 saturated heterocycles. The van der Waals surface area contributed by atoms with Crippen LogP contribution in [0.4, 0.5) is 4.39 Å². The summed E-state index contributed by atoms with van der Waals surface area (Å²) < 4.78 is 19.6. The third kappa shape index (κ3) is 1.99. The average molecular weight is 246 g/mol. The average Bonchev–Trinajstić information content (AvgIpc) is 2.87. The quantitative estimate of drug-likeness (QED) is 0.565. The Bertz CT molecular complexity index is 425. The van der Waals surface area contributed by atoms with Gasteiger partial charge in [-0.2, -0.15) is 0 Å². The van der Waals surface area contributed by atoms with Crippen molar-refractivity contribution in [3.63, 3.8) is 0 Å². The highest BCUT2D eigenvalue weighted by molar-refractivity contribution is 5.90. The van der Waals surface area contributed by atoms with E-state index in [1.165, 1.54) is 0 Å². The van der Waals surface area contributed by atoms with Gasteiger partial charge in [-0.25, -0.2) is 9.07 Å². The number of hydrogen-bond acceptors (Lipinski definition) is 6. The first-order chi connectivity index (χ1) is 8.04. The number of aromatic nitrogens is 3. The molecule has 94 valence electrons. The molecule has 1 aromatic heterocycles. The van der Waals surface area contributed by atoms with Crippen molar-refractivity contribution in [2.45, 2.75) is 24.6 Å². The van der Waals surface area contributed by atoms with E-state index in [0.717, 1.165) is 10.9 Å². The molecule has 0 aliphatic carbocycles. The Kier molecular flexibility index (Phi) is 3.05. The second-order valence-corrected chi connectivity index (χ2v) is 3.63. The summed E-state index contributed by atoms with van der Waals surface area (Å²) in [7, 11) is 0. The SMILES string of the molecule is NC(=O)c1cn([C@H]2O[C@@H](CO)[C@H](O)[C@H]2F)nn1. The molecule has 1 aliphatic rings. The Labute approximate surface area is 94.8 Å². The molecule has 0 radical (unpaired) electrons. The number of alkyl halides is 1. The van der Waals surface area contributed by atoms with Gasteiger partial charge in [-0.1, -0.05) is 5.21 Å². The molecule has 0 bridgehead atoms. The molecule has 9 heteroatoms.